The first kappa shape index (κ1) is 15.1. The van der Waals surface area contributed by atoms with Crippen molar-refractivity contribution in [3.63, 3.8) is 0 Å². The van der Waals surface area contributed by atoms with E-state index in [1.54, 1.807) is 0 Å². The van der Waals surface area contributed by atoms with E-state index < -0.39 is 29.3 Å². The van der Waals surface area contributed by atoms with Gasteiger partial charge in [-0.05, 0) is 45.9 Å². The van der Waals surface area contributed by atoms with E-state index in [9.17, 15) is 14.0 Å². The maximum Gasteiger partial charge on any atom is 0.339 e. The summed E-state index contributed by atoms with van der Waals surface area (Å²) in [5.74, 6) is -1.64. The van der Waals surface area contributed by atoms with Gasteiger partial charge in [-0.15, -0.1) is 0 Å². The van der Waals surface area contributed by atoms with Crippen LogP contribution in [-0.4, -0.2) is 23.5 Å². The van der Waals surface area contributed by atoms with Gasteiger partial charge in [0, 0.05) is 5.54 Å². The molecule has 1 aromatic carbocycles. The number of rotatable bonds is 3. The van der Waals surface area contributed by atoms with Crippen molar-refractivity contribution in [2.75, 3.05) is 0 Å². The molecule has 1 aromatic rings. The maximum atomic E-state index is 13.0. The molecule has 0 saturated carbocycles. The van der Waals surface area contributed by atoms with Crippen molar-refractivity contribution in [3.05, 3.63) is 35.6 Å². The Morgan fingerprint density at radius 3 is 2.47 bits per heavy atom. The summed E-state index contributed by atoms with van der Waals surface area (Å²) >= 11 is 0. The van der Waals surface area contributed by atoms with E-state index in [0.717, 1.165) is 6.07 Å². The van der Waals surface area contributed by atoms with Crippen LogP contribution in [-0.2, 0) is 9.53 Å². The van der Waals surface area contributed by atoms with Gasteiger partial charge >= 0.3 is 5.97 Å². The highest BCUT2D eigenvalue weighted by Crippen LogP contribution is 2.08. The average molecular weight is 267 g/mol. The lowest BCUT2D eigenvalue weighted by Gasteiger charge is -2.23. The number of hydrogen-bond acceptors (Lipinski definition) is 3. The number of amides is 1. The standard InChI is InChI=1S/C14H18FNO3/c1-9(12(17)16-14(2,3)4)19-13(18)10-6-5-7-11(15)8-10/h5-9H,1-4H3,(H,16,17). The Balaban J connectivity index is 2.64. The zero-order valence-corrected chi connectivity index (χ0v) is 11.5. The first-order valence-corrected chi connectivity index (χ1v) is 5.97. The summed E-state index contributed by atoms with van der Waals surface area (Å²) in [5.41, 5.74) is -0.327. The molecule has 0 aromatic heterocycles. The molecule has 1 rings (SSSR count). The minimum absolute atomic E-state index is 0.0791. The summed E-state index contributed by atoms with van der Waals surface area (Å²) in [6.07, 6.45) is -0.935. The predicted octanol–water partition coefficient (Wildman–Crippen LogP) is 2.29. The third-order valence-electron chi connectivity index (χ3n) is 2.21. The smallest absolute Gasteiger partial charge is 0.339 e. The molecule has 1 amide bonds. The number of nitrogens with one attached hydrogen (secondary N) is 1. The molecule has 0 radical (unpaired) electrons. The molecule has 4 nitrogen and oxygen atoms in total. The van der Waals surface area contributed by atoms with Crippen LogP contribution in [0.25, 0.3) is 0 Å². The quantitative estimate of drug-likeness (QED) is 0.855. The molecular weight excluding hydrogens is 249 g/mol. The van der Waals surface area contributed by atoms with Gasteiger partial charge < -0.3 is 10.1 Å². The summed E-state index contributed by atoms with van der Waals surface area (Å²) in [6, 6.07) is 5.13. The van der Waals surface area contributed by atoms with Crippen LogP contribution in [0.3, 0.4) is 0 Å². The van der Waals surface area contributed by atoms with Crippen molar-refractivity contribution in [1.29, 1.82) is 0 Å². The topological polar surface area (TPSA) is 55.4 Å². The lowest BCUT2D eigenvalue weighted by molar-refractivity contribution is -0.130. The van der Waals surface area contributed by atoms with Crippen LogP contribution in [0.1, 0.15) is 38.1 Å². The fourth-order valence-corrected chi connectivity index (χ4v) is 1.37. The molecule has 0 aliphatic carbocycles. The molecule has 0 aliphatic rings. The zero-order chi connectivity index (χ0) is 14.6. The minimum atomic E-state index is -0.935. The van der Waals surface area contributed by atoms with Gasteiger partial charge in [-0.2, -0.15) is 0 Å². The zero-order valence-electron chi connectivity index (χ0n) is 11.5. The fraction of sp³-hybridized carbons (Fsp3) is 0.429. The van der Waals surface area contributed by atoms with Gasteiger partial charge in [0.15, 0.2) is 6.10 Å². The summed E-state index contributed by atoms with van der Waals surface area (Å²) < 4.78 is 17.9. The van der Waals surface area contributed by atoms with Crippen molar-refractivity contribution in [3.8, 4) is 0 Å². The van der Waals surface area contributed by atoms with Gasteiger partial charge in [0.2, 0.25) is 0 Å². The number of carbonyl (C=O) groups excluding carboxylic acids is 2. The molecule has 104 valence electrons. The van der Waals surface area contributed by atoms with E-state index in [2.05, 4.69) is 5.32 Å². The number of ether oxygens (including phenoxy) is 1. The number of carbonyl (C=O) groups is 2. The minimum Gasteiger partial charge on any atom is -0.449 e. The Kier molecular flexibility index (Phi) is 4.64. The van der Waals surface area contributed by atoms with E-state index in [1.807, 2.05) is 20.8 Å². The van der Waals surface area contributed by atoms with Crippen LogP contribution in [0.5, 0.6) is 0 Å². The molecule has 19 heavy (non-hydrogen) atoms. The second-order valence-electron chi connectivity index (χ2n) is 5.30. The van der Waals surface area contributed by atoms with Gasteiger partial charge in [-0.3, -0.25) is 4.79 Å². The summed E-state index contributed by atoms with van der Waals surface area (Å²) in [4.78, 5) is 23.4. The Morgan fingerprint density at radius 2 is 1.95 bits per heavy atom. The first-order valence-electron chi connectivity index (χ1n) is 5.97. The molecule has 0 fully saturated rings. The highest BCUT2D eigenvalue weighted by molar-refractivity contribution is 5.92. The SMILES string of the molecule is CC(OC(=O)c1cccc(F)c1)C(=O)NC(C)(C)C. The van der Waals surface area contributed by atoms with Crippen LogP contribution < -0.4 is 5.32 Å². The average Bonchev–Trinajstić information content (AvgIpc) is 2.26. The maximum absolute atomic E-state index is 13.0. The molecule has 1 unspecified atom stereocenters. The van der Waals surface area contributed by atoms with E-state index in [0.29, 0.717) is 0 Å². The van der Waals surface area contributed by atoms with Gasteiger partial charge in [0.25, 0.3) is 5.91 Å². The van der Waals surface area contributed by atoms with Gasteiger partial charge in [-0.1, -0.05) is 6.07 Å². The largest absolute Gasteiger partial charge is 0.449 e. The molecule has 0 spiro atoms. The Morgan fingerprint density at radius 1 is 1.32 bits per heavy atom. The highest BCUT2D eigenvalue weighted by Gasteiger charge is 2.22. The second-order valence-corrected chi connectivity index (χ2v) is 5.30. The predicted molar refractivity (Wildman–Crippen MR) is 69.2 cm³/mol. The van der Waals surface area contributed by atoms with Crippen molar-refractivity contribution < 1.29 is 18.7 Å². The van der Waals surface area contributed by atoms with Crippen molar-refractivity contribution in [1.82, 2.24) is 5.32 Å². The molecule has 0 saturated heterocycles. The molecular formula is C14H18FNO3. The number of hydrogen-bond donors (Lipinski definition) is 1. The van der Waals surface area contributed by atoms with E-state index in [-0.39, 0.29) is 5.56 Å². The monoisotopic (exact) mass is 267 g/mol. The van der Waals surface area contributed by atoms with Crippen LogP contribution in [0.15, 0.2) is 24.3 Å². The van der Waals surface area contributed by atoms with E-state index in [1.165, 1.54) is 25.1 Å². The van der Waals surface area contributed by atoms with Gasteiger partial charge in [0.1, 0.15) is 5.82 Å². The normalized spacial score (nSPS) is 12.7. The molecule has 1 atom stereocenters. The van der Waals surface area contributed by atoms with Gasteiger partial charge in [-0.25, -0.2) is 9.18 Å². The number of esters is 1. The van der Waals surface area contributed by atoms with E-state index in [4.69, 9.17) is 4.74 Å². The molecule has 0 aliphatic heterocycles. The lowest BCUT2D eigenvalue weighted by Crippen LogP contribution is -2.46. The molecule has 0 bridgehead atoms. The first-order chi connectivity index (χ1) is 8.69. The summed E-state index contributed by atoms with van der Waals surface area (Å²) in [7, 11) is 0. The van der Waals surface area contributed by atoms with Crippen LogP contribution in [0.2, 0.25) is 0 Å². The molecule has 5 heteroatoms. The van der Waals surface area contributed by atoms with Crippen LogP contribution >= 0.6 is 0 Å². The number of halogens is 1. The van der Waals surface area contributed by atoms with Crippen LogP contribution in [0.4, 0.5) is 4.39 Å². The number of benzene rings is 1. The highest BCUT2D eigenvalue weighted by atomic mass is 19.1. The second kappa shape index (κ2) is 5.82. The van der Waals surface area contributed by atoms with Crippen LogP contribution in [0, 0.1) is 5.82 Å². The summed E-state index contributed by atoms with van der Waals surface area (Å²) in [6.45, 7) is 6.95. The fourth-order valence-electron chi connectivity index (χ4n) is 1.37. The van der Waals surface area contributed by atoms with Gasteiger partial charge in [0.05, 0.1) is 5.56 Å². The van der Waals surface area contributed by atoms with Crippen molar-refractivity contribution in [2.45, 2.75) is 39.3 Å². The third kappa shape index (κ3) is 5.07. The molecule has 0 heterocycles. The lowest BCUT2D eigenvalue weighted by atomic mass is 10.1. The Hall–Kier alpha value is -1.91. The van der Waals surface area contributed by atoms with E-state index >= 15 is 0 Å². The van der Waals surface area contributed by atoms with Crippen molar-refractivity contribution in [2.24, 2.45) is 0 Å². The molecule has 1 N–H and O–H groups in total. The van der Waals surface area contributed by atoms with Crippen molar-refractivity contribution >= 4 is 11.9 Å². The third-order valence-corrected chi connectivity index (χ3v) is 2.21. The Bertz CT molecular complexity index is 480. The summed E-state index contributed by atoms with van der Waals surface area (Å²) in [5, 5.41) is 2.70. The Labute approximate surface area is 112 Å².